The van der Waals surface area contributed by atoms with E-state index in [4.69, 9.17) is 19.6 Å². The molecule has 0 aliphatic heterocycles. The summed E-state index contributed by atoms with van der Waals surface area (Å²) in [4.78, 5) is 39.1. The van der Waals surface area contributed by atoms with Gasteiger partial charge in [-0.05, 0) is 12.1 Å². The van der Waals surface area contributed by atoms with Crippen LogP contribution in [0.25, 0.3) is 0 Å². The molecule has 5 N–H and O–H groups in total. The van der Waals surface area contributed by atoms with E-state index in [-0.39, 0.29) is 35.3 Å². The molecular formula is C7H11NNaO7P2. The molecule has 1 heterocycles. The second-order valence-corrected chi connectivity index (χ2v) is 7.37. The third-order valence-corrected chi connectivity index (χ3v) is 5.82. The molecule has 97 valence electrons. The number of aromatic nitrogens is 1. The van der Waals surface area contributed by atoms with E-state index in [2.05, 4.69) is 4.98 Å². The molecular weight excluding hydrogens is 295 g/mol. The predicted molar refractivity (Wildman–Crippen MR) is 62.7 cm³/mol. The standard InChI is InChI=1S/C7H11NO7P2.Na/c9-7(16(10,11)12,17(13,14)15)5-6-3-1-2-4-8-6;/h1-4,9H,5H2,(H2,10,11,12)(H2,13,14,15);. The first kappa shape index (κ1) is 18.4. The van der Waals surface area contributed by atoms with Gasteiger partial charge >= 0.3 is 15.2 Å². The molecule has 0 aromatic carbocycles. The first-order valence-electron chi connectivity index (χ1n) is 4.31. The number of hydrogen-bond acceptors (Lipinski definition) is 4. The van der Waals surface area contributed by atoms with Gasteiger partial charge in [-0.15, -0.1) is 0 Å². The fraction of sp³-hybridized carbons (Fsp3) is 0.286. The minimum absolute atomic E-state index is 0. The third kappa shape index (κ3) is 3.95. The van der Waals surface area contributed by atoms with Crippen LogP contribution >= 0.6 is 15.2 Å². The van der Waals surface area contributed by atoms with Crippen LogP contribution in [0.1, 0.15) is 5.69 Å². The number of nitrogens with zero attached hydrogens (tertiary/aromatic N) is 1. The Balaban J connectivity index is 0.00000289. The van der Waals surface area contributed by atoms with Crippen molar-refractivity contribution in [3.8, 4) is 0 Å². The molecule has 0 amide bonds. The van der Waals surface area contributed by atoms with Crippen molar-refractivity contribution >= 4 is 44.7 Å². The molecule has 0 saturated carbocycles. The molecule has 0 atom stereocenters. The summed E-state index contributed by atoms with van der Waals surface area (Å²) in [6.07, 6.45) is 0.331. The fourth-order valence-electron chi connectivity index (χ4n) is 1.12. The van der Waals surface area contributed by atoms with Gasteiger partial charge < -0.3 is 24.7 Å². The van der Waals surface area contributed by atoms with Gasteiger partial charge in [-0.2, -0.15) is 0 Å². The zero-order valence-electron chi connectivity index (χ0n) is 9.41. The second-order valence-electron chi connectivity index (χ2n) is 3.36. The van der Waals surface area contributed by atoms with E-state index in [0.717, 1.165) is 0 Å². The Bertz CT molecular complexity index is 462. The molecule has 18 heavy (non-hydrogen) atoms. The quantitative estimate of drug-likeness (QED) is 0.360. The Morgan fingerprint density at radius 1 is 1.11 bits per heavy atom. The number of hydrogen-bond donors (Lipinski definition) is 5. The van der Waals surface area contributed by atoms with E-state index >= 15 is 0 Å². The van der Waals surface area contributed by atoms with E-state index in [9.17, 15) is 14.2 Å². The average Bonchev–Trinajstić information content (AvgIpc) is 2.15. The summed E-state index contributed by atoms with van der Waals surface area (Å²) in [5.41, 5.74) is -0.0401. The van der Waals surface area contributed by atoms with E-state index in [1.54, 1.807) is 0 Å². The van der Waals surface area contributed by atoms with Crippen LogP contribution in [-0.2, 0) is 15.6 Å². The number of pyridine rings is 1. The molecule has 11 heteroatoms. The zero-order valence-corrected chi connectivity index (χ0v) is 13.2. The van der Waals surface area contributed by atoms with Gasteiger partial charge in [0.25, 0.3) is 5.08 Å². The first-order chi connectivity index (χ1) is 7.58. The van der Waals surface area contributed by atoms with Crippen molar-refractivity contribution in [3.05, 3.63) is 30.1 Å². The van der Waals surface area contributed by atoms with Crippen LogP contribution in [0.3, 0.4) is 0 Å². The topological polar surface area (TPSA) is 148 Å². The van der Waals surface area contributed by atoms with Gasteiger partial charge in [0.05, 0.1) is 0 Å². The Labute approximate surface area is 125 Å². The molecule has 0 aliphatic rings. The Hall–Kier alpha value is 0.410. The molecule has 8 nitrogen and oxygen atoms in total. The van der Waals surface area contributed by atoms with E-state index < -0.39 is 26.7 Å². The summed E-state index contributed by atoms with van der Waals surface area (Å²) >= 11 is 0. The maximum Gasteiger partial charge on any atom is 0.369 e. The Kier molecular flexibility index (Phi) is 6.38. The van der Waals surface area contributed by atoms with Gasteiger partial charge in [0, 0.05) is 47.9 Å². The van der Waals surface area contributed by atoms with Crippen LogP contribution < -0.4 is 0 Å². The van der Waals surface area contributed by atoms with Gasteiger partial charge in [-0.3, -0.25) is 14.1 Å². The summed E-state index contributed by atoms with van der Waals surface area (Å²) in [7, 11) is -10.8. The first-order valence-corrected chi connectivity index (χ1v) is 7.54. The summed E-state index contributed by atoms with van der Waals surface area (Å²) < 4.78 is 22.1. The molecule has 1 aromatic heterocycles. The fourth-order valence-corrected chi connectivity index (χ4v) is 3.21. The van der Waals surface area contributed by atoms with E-state index in [1.807, 2.05) is 0 Å². The van der Waals surface area contributed by atoms with Crippen LogP contribution in [0.4, 0.5) is 0 Å². The molecule has 1 aromatic rings. The van der Waals surface area contributed by atoms with E-state index in [1.165, 1.54) is 24.4 Å². The van der Waals surface area contributed by atoms with Crippen molar-refractivity contribution in [2.45, 2.75) is 11.5 Å². The van der Waals surface area contributed by atoms with Crippen LogP contribution in [0.5, 0.6) is 0 Å². The van der Waals surface area contributed by atoms with Crippen molar-refractivity contribution in [3.63, 3.8) is 0 Å². The summed E-state index contributed by atoms with van der Waals surface area (Å²) in [6, 6.07) is 4.26. The van der Waals surface area contributed by atoms with Crippen molar-refractivity contribution in [2.75, 3.05) is 0 Å². The minimum atomic E-state index is -5.42. The van der Waals surface area contributed by atoms with Gasteiger partial charge in [0.1, 0.15) is 0 Å². The van der Waals surface area contributed by atoms with Crippen LogP contribution in [-0.4, -0.2) is 64.3 Å². The Morgan fingerprint density at radius 2 is 1.61 bits per heavy atom. The van der Waals surface area contributed by atoms with Crippen LogP contribution in [0, 0.1) is 0 Å². The van der Waals surface area contributed by atoms with Gasteiger partial charge in [-0.1, -0.05) is 6.07 Å². The van der Waals surface area contributed by atoms with Gasteiger partial charge in [0.2, 0.25) is 0 Å². The predicted octanol–water partition coefficient (Wildman–Crippen LogP) is -0.755. The molecule has 0 saturated heterocycles. The Morgan fingerprint density at radius 3 is 1.94 bits per heavy atom. The third-order valence-electron chi connectivity index (χ3n) is 2.08. The van der Waals surface area contributed by atoms with Crippen molar-refractivity contribution in [1.29, 1.82) is 0 Å². The molecule has 0 fully saturated rings. The summed E-state index contributed by atoms with van der Waals surface area (Å²) in [6.45, 7) is 0. The number of aliphatic hydroxyl groups is 1. The van der Waals surface area contributed by atoms with E-state index in [0.29, 0.717) is 0 Å². The molecule has 1 rings (SSSR count). The SMILES string of the molecule is O=P(O)(O)C(O)(Cc1ccccn1)P(=O)(O)O.[Na]. The normalized spacial score (nSPS) is 12.9. The van der Waals surface area contributed by atoms with Crippen LogP contribution in [0.2, 0.25) is 0 Å². The van der Waals surface area contributed by atoms with Gasteiger partial charge in [0.15, 0.2) is 0 Å². The monoisotopic (exact) mass is 306 g/mol. The van der Waals surface area contributed by atoms with Crippen molar-refractivity contribution in [2.24, 2.45) is 0 Å². The summed E-state index contributed by atoms with van der Waals surface area (Å²) in [5, 5.41) is 6.12. The minimum Gasteiger partial charge on any atom is -0.367 e. The second kappa shape index (κ2) is 6.24. The zero-order chi connectivity index (χ0) is 13.3. The van der Waals surface area contributed by atoms with Gasteiger partial charge in [-0.25, -0.2) is 0 Å². The maximum absolute atomic E-state index is 11.0. The largest absolute Gasteiger partial charge is 0.369 e. The molecule has 0 aliphatic carbocycles. The molecule has 0 unspecified atom stereocenters. The molecule has 0 spiro atoms. The average molecular weight is 306 g/mol. The number of rotatable bonds is 4. The smallest absolute Gasteiger partial charge is 0.367 e. The molecule has 1 radical (unpaired) electrons. The molecule has 0 bridgehead atoms. The maximum atomic E-state index is 11.0. The van der Waals surface area contributed by atoms with Crippen molar-refractivity contribution < 1.29 is 33.8 Å². The van der Waals surface area contributed by atoms with Crippen molar-refractivity contribution in [1.82, 2.24) is 4.98 Å². The summed E-state index contributed by atoms with van der Waals surface area (Å²) in [5.74, 6) is 0. The van der Waals surface area contributed by atoms with Crippen LogP contribution in [0.15, 0.2) is 24.4 Å².